The third-order valence-corrected chi connectivity index (χ3v) is 21.5. The van der Waals surface area contributed by atoms with E-state index in [0.29, 0.717) is 5.56 Å². The van der Waals surface area contributed by atoms with E-state index < -0.39 is 16.6 Å². The molecule has 2 heterocycles. The summed E-state index contributed by atoms with van der Waals surface area (Å²) in [5.41, 5.74) is -0.108. The van der Waals surface area contributed by atoms with Crippen molar-refractivity contribution in [2.45, 2.75) is 130 Å². The van der Waals surface area contributed by atoms with Crippen LogP contribution in [0.3, 0.4) is 0 Å². The number of hydrogen-bond donors (Lipinski definition) is 1. The quantitative estimate of drug-likeness (QED) is 0.221. The van der Waals surface area contributed by atoms with Gasteiger partial charge in [-0.3, -0.25) is 14.3 Å². The van der Waals surface area contributed by atoms with E-state index in [9.17, 15) is 9.59 Å². The van der Waals surface area contributed by atoms with E-state index in [0.717, 1.165) is 19.3 Å². The van der Waals surface area contributed by atoms with Crippen LogP contribution in [0.2, 0.25) is 36.3 Å². The van der Waals surface area contributed by atoms with Crippen LogP contribution < -0.4 is 11.2 Å². The maximum atomic E-state index is 13.0. The van der Waals surface area contributed by atoms with Crippen LogP contribution in [-0.2, 0) is 8.85 Å². The van der Waals surface area contributed by atoms with Gasteiger partial charge in [0.05, 0.1) is 26.3 Å². The molecule has 1 aromatic rings. The molecule has 200 valence electrons. The number of nitrogens with one attached hydrogen (secondary N) is 1. The van der Waals surface area contributed by atoms with Gasteiger partial charge in [0.15, 0.2) is 16.6 Å². The summed E-state index contributed by atoms with van der Waals surface area (Å²) in [6.45, 7) is 24.8. The summed E-state index contributed by atoms with van der Waals surface area (Å²) in [5, 5.41) is 0.0657. The Balaban J connectivity index is 2.11. The number of thioether (sulfide) groups is 1. The zero-order chi connectivity index (χ0) is 26.8. The number of aromatic nitrogens is 2. The van der Waals surface area contributed by atoms with Gasteiger partial charge in [-0.25, -0.2) is 4.79 Å². The van der Waals surface area contributed by atoms with E-state index in [-0.39, 0.29) is 47.6 Å². The fourth-order valence-corrected chi connectivity index (χ4v) is 11.4. The zero-order valence-electron chi connectivity index (χ0n) is 23.4. The second-order valence-corrected chi connectivity index (χ2v) is 25.9. The van der Waals surface area contributed by atoms with Gasteiger partial charge in [-0.2, -0.15) is 0 Å². The molecule has 0 aromatic carbocycles. The Hall–Kier alpha value is 0.114. The summed E-state index contributed by atoms with van der Waals surface area (Å²) in [5.74, 6) is 0. The van der Waals surface area contributed by atoms with Crippen LogP contribution in [0.1, 0.15) is 71.7 Å². The molecule has 0 amide bonds. The third kappa shape index (κ3) is 5.48. The topological polar surface area (TPSA) is 73.3 Å². The van der Waals surface area contributed by atoms with E-state index in [1.165, 1.54) is 0 Å². The van der Waals surface area contributed by atoms with E-state index in [4.69, 9.17) is 8.85 Å². The molecule has 1 N–H and O–H groups in total. The van der Waals surface area contributed by atoms with Gasteiger partial charge in [-0.1, -0.05) is 64.1 Å². The number of nitrogens with zero attached hydrogens (tertiary/aromatic N) is 1. The van der Waals surface area contributed by atoms with Crippen LogP contribution >= 0.6 is 34.4 Å². The molecule has 2 aliphatic rings. The molecular weight excluding hydrogens is 607 g/mol. The Labute approximate surface area is 231 Å². The van der Waals surface area contributed by atoms with E-state index in [1.807, 2.05) is 11.8 Å². The van der Waals surface area contributed by atoms with Gasteiger partial charge < -0.3 is 8.85 Å². The maximum Gasteiger partial charge on any atom is 0.329 e. The molecule has 1 aliphatic carbocycles. The molecular formula is C25H45IN2O4SSi2. The lowest BCUT2D eigenvalue weighted by Gasteiger charge is -2.47. The monoisotopic (exact) mass is 652 g/mol. The van der Waals surface area contributed by atoms with Gasteiger partial charge in [0.25, 0.3) is 5.56 Å². The van der Waals surface area contributed by atoms with Crippen LogP contribution in [-0.4, -0.2) is 47.1 Å². The molecule has 1 saturated carbocycles. The normalized spacial score (nSPS) is 30.4. The van der Waals surface area contributed by atoms with Crippen molar-refractivity contribution in [1.82, 2.24) is 9.55 Å². The number of alkyl halides is 1. The lowest BCUT2D eigenvalue weighted by molar-refractivity contribution is 0.0728. The number of halogens is 1. The first-order chi connectivity index (χ1) is 15.7. The molecule has 2 fully saturated rings. The Kier molecular flexibility index (Phi) is 8.22. The number of hydrogen-bond acceptors (Lipinski definition) is 5. The number of aromatic amines is 1. The summed E-state index contributed by atoms with van der Waals surface area (Å²) in [6.07, 6.45) is 4.92. The van der Waals surface area contributed by atoms with Crippen LogP contribution in [0.25, 0.3) is 0 Å². The second kappa shape index (κ2) is 9.70. The molecule has 0 radical (unpaired) electrons. The molecule has 10 heteroatoms. The molecule has 3 rings (SSSR count). The first-order valence-corrected chi connectivity index (χ1v) is 20.7. The van der Waals surface area contributed by atoms with Gasteiger partial charge in [0.2, 0.25) is 0 Å². The van der Waals surface area contributed by atoms with Crippen LogP contribution in [0.4, 0.5) is 0 Å². The highest BCUT2D eigenvalue weighted by atomic mass is 127. The second-order valence-electron chi connectivity index (χ2n) is 13.4. The predicted molar refractivity (Wildman–Crippen MR) is 161 cm³/mol. The summed E-state index contributed by atoms with van der Waals surface area (Å²) in [6, 6.07) is 0. The number of aryl methyl sites for hydroxylation is 1. The van der Waals surface area contributed by atoms with Crippen LogP contribution in [0.5, 0.6) is 0 Å². The maximum absolute atomic E-state index is 13.0. The van der Waals surface area contributed by atoms with Crippen molar-refractivity contribution >= 4 is 51.0 Å². The molecule has 1 spiro atoms. The van der Waals surface area contributed by atoms with Crippen molar-refractivity contribution in [1.29, 1.82) is 0 Å². The fraction of sp³-hybridized carbons (Fsp3) is 0.840. The van der Waals surface area contributed by atoms with Gasteiger partial charge in [0, 0.05) is 11.8 Å². The molecule has 35 heavy (non-hydrogen) atoms. The van der Waals surface area contributed by atoms with Gasteiger partial charge in [0.1, 0.15) is 0 Å². The minimum absolute atomic E-state index is 0.0320. The smallest absolute Gasteiger partial charge is 0.329 e. The standard InChI is InChI=1S/C25H45IN2O4SSi2/c1-16-15-28(22(30)27-20(16)29)21-18(26)19(32-35(10,11)24(5,6)7)25(33-21)14-12-13-17(25)31-34(8,9)23(2,3)4/h15,17-19,21H,12-14H2,1-11H3,(H,27,29,30)/t17-,18-,19-,21-,25-/m0/s1. The molecule has 0 bridgehead atoms. The van der Waals surface area contributed by atoms with Gasteiger partial charge in [-0.15, -0.1) is 11.8 Å². The molecule has 1 aromatic heterocycles. The van der Waals surface area contributed by atoms with Gasteiger partial charge in [-0.05, 0) is 62.5 Å². The van der Waals surface area contributed by atoms with Crippen LogP contribution in [0.15, 0.2) is 15.8 Å². The fourth-order valence-electron chi connectivity index (χ4n) is 4.54. The van der Waals surface area contributed by atoms with E-state index in [1.54, 1.807) is 17.7 Å². The first-order valence-electron chi connectivity index (χ1n) is 12.7. The summed E-state index contributed by atoms with van der Waals surface area (Å²) in [4.78, 5) is 27.6. The van der Waals surface area contributed by atoms with Crippen molar-refractivity contribution < 1.29 is 8.85 Å². The molecule has 5 atom stereocenters. The highest BCUT2D eigenvalue weighted by Gasteiger charge is 2.63. The largest absolute Gasteiger partial charge is 0.412 e. The first kappa shape index (κ1) is 29.7. The Morgan fingerprint density at radius 3 is 2.14 bits per heavy atom. The molecule has 6 nitrogen and oxygen atoms in total. The average molecular weight is 653 g/mol. The predicted octanol–water partition coefficient (Wildman–Crippen LogP) is 6.60. The van der Waals surface area contributed by atoms with Crippen molar-refractivity contribution in [3.05, 3.63) is 32.6 Å². The van der Waals surface area contributed by atoms with Crippen molar-refractivity contribution in [3.63, 3.8) is 0 Å². The molecule has 1 saturated heterocycles. The number of rotatable bonds is 5. The van der Waals surface area contributed by atoms with Gasteiger partial charge >= 0.3 is 5.69 Å². The van der Waals surface area contributed by atoms with Crippen LogP contribution in [0, 0.1) is 6.92 Å². The third-order valence-electron chi connectivity index (χ3n) is 8.85. The zero-order valence-corrected chi connectivity index (χ0v) is 28.3. The summed E-state index contributed by atoms with van der Waals surface area (Å²) in [7, 11) is -4.12. The Morgan fingerprint density at radius 2 is 1.60 bits per heavy atom. The average Bonchev–Trinajstić information content (AvgIpc) is 3.19. The SMILES string of the molecule is Cc1cn([C@H]2S[C@]3(CCC[C@@H]3O[Si](C)(C)C(C)(C)C)[C@@H](O[Si](C)(C)C(C)(C)C)[C@@H]2I)c(=O)[nH]c1=O. The Bertz CT molecular complexity index is 1060. The summed E-state index contributed by atoms with van der Waals surface area (Å²) >= 11 is 4.37. The minimum atomic E-state index is -2.10. The molecule has 0 unspecified atom stereocenters. The summed E-state index contributed by atoms with van der Waals surface area (Å²) < 4.78 is 16.0. The molecule has 1 aliphatic heterocycles. The van der Waals surface area contributed by atoms with E-state index in [2.05, 4.69) is 95.3 Å². The minimum Gasteiger partial charge on any atom is -0.412 e. The van der Waals surface area contributed by atoms with Crippen molar-refractivity contribution in [2.24, 2.45) is 0 Å². The highest BCUT2D eigenvalue weighted by Crippen LogP contribution is 2.62. The van der Waals surface area contributed by atoms with Crippen molar-refractivity contribution in [2.75, 3.05) is 0 Å². The lowest BCUT2D eigenvalue weighted by Crippen LogP contribution is -2.57. The number of H-pyrrole nitrogens is 1. The lowest BCUT2D eigenvalue weighted by atomic mass is 9.95. The Morgan fingerprint density at radius 1 is 1.06 bits per heavy atom. The van der Waals surface area contributed by atoms with Crippen molar-refractivity contribution in [3.8, 4) is 0 Å². The highest BCUT2D eigenvalue weighted by molar-refractivity contribution is 14.1. The van der Waals surface area contributed by atoms with E-state index >= 15 is 0 Å².